The summed E-state index contributed by atoms with van der Waals surface area (Å²) in [5.74, 6) is 0.0139. The molecule has 3 nitrogen and oxygen atoms in total. The van der Waals surface area contributed by atoms with Gasteiger partial charge in [-0.1, -0.05) is 37.6 Å². The summed E-state index contributed by atoms with van der Waals surface area (Å²) in [5, 5.41) is 12.3. The van der Waals surface area contributed by atoms with E-state index in [2.05, 4.69) is 24.4 Å². The van der Waals surface area contributed by atoms with Gasteiger partial charge in [-0.05, 0) is 43.2 Å². The zero-order chi connectivity index (χ0) is 14.4. The van der Waals surface area contributed by atoms with Gasteiger partial charge in [0.25, 0.3) is 0 Å². The van der Waals surface area contributed by atoms with Crippen molar-refractivity contribution in [2.45, 2.75) is 57.4 Å². The lowest BCUT2D eigenvalue weighted by molar-refractivity contribution is -0.124. The molecule has 0 aliphatic heterocycles. The van der Waals surface area contributed by atoms with Crippen LogP contribution in [0.3, 0.4) is 0 Å². The van der Waals surface area contributed by atoms with Crippen molar-refractivity contribution in [3.8, 4) is 0 Å². The highest BCUT2D eigenvalue weighted by molar-refractivity contribution is 5.79. The number of benzene rings is 1. The number of nitrogens with one attached hydrogen (secondary N) is 1. The third-order valence-corrected chi connectivity index (χ3v) is 4.22. The second-order valence-electron chi connectivity index (χ2n) is 5.94. The van der Waals surface area contributed by atoms with E-state index in [-0.39, 0.29) is 18.1 Å². The lowest BCUT2D eigenvalue weighted by Crippen LogP contribution is -2.56. The Bertz CT molecular complexity index is 429. The van der Waals surface area contributed by atoms with Gasteiger partial charge < -0.3 is 10.4 Å². The van der Waals surface area contributed by atoms with E-state index in [1.165, 1.54) is 18.4 Å². The Morgan fingerprint density at radius 1 is 1.25 bits per heavy atom. The molecule has 0 aromatic heterocycles. The molecule has 1 aliphatic carbocycles. The van der Waals surface area contributed by atoms with Crippen molar-refractivity contribution in [1.29, 1.82) is 0 Å². The van der Waals surface area contributed by atoms with Crippen LogP contribution in [0.4, 0.5) is 0 Å². The Hall–Kier alpha value is -1.35. The SMILES string of the molecule is CCCCc1ccc(CC(=O)NC2(CO)CCC2)cc1. The molecule has 0 radical (unpaired) electrons. The molecule has 1 fully saturated rings. The second kappa shape index (κ2) is 6.89. The molecule has 1 amide bonds. The third-order valence-electron chi connectivity index (χ3n) is 4.22. The average molecular weight is 275 g/mol. The van der Waals surface area contributed by atoms with Crippen molar-refractivity contribution in [3.05, 3.63) is 35.4 Å². The van der Waals surface area contributed by atoms with Gasteiger partial charge in [-0.15, -0.1) is 0 Å². The van der Waals surface area contributed by atoms with Crippen LogP contribution in [0, 0.1) is 0 Å². The topological polar surface area (TPSA) is 49.3 Å². The second-order valence-corrected chi connectivity index (χ2v) is 5.94. The zero-order valence-corrected chi connectivity index (χ0v) is 12.3. The smallest absolute Gasteiger partial charge is 0.224 e. The molecule has 3 heteroatoms. The fourth-order valence-corrected chi connectivity index (χ4v) is 2.66. The Kier molecular flexibility index (Phi) is 5.18. The molecule has 0 bridgehead atoms. The molecular weight excluding hydrogens is 250 g/mol. The van der Waals surface area contributed by atoms with E-state index in [0.717, 1.165) is 31.2 Å². The number of aryl methyl sites for hydroxylation is 1. The summed E-state index contributed by atoms with van der Waals surface area (Å²) < 4.78 is 0. The van der Waals surface area contributed by atoms with Crippen LogP contribution in [0.25, 0.3) is 0 Å². The lowest BCUT2D eigenvalue weighted by Gasteiger charge is -2.41. The van der Waals surface area contributed by atoms with Crippen LogP contribution >= 0.6 is 0 Å². The molecule has 2 N–H and O–H groups in total. The fraction of sp³-hybridized carbons (Fsp3) is 0.588. The Labute approximate surface area is 121 Å². The molecule has 1 aliphatic rings. The molecule has 0 heterocycles. The summed E-state index contributed by atoms with van der Waals surface area (Å²) in [4.78, 5) is 12.0. The van der Waals surface area contributed by atoms with Crippen molar-refractivity contribution in [3.63, 3.8) is 0 Å². The minimum Gasteiger partial charge on any atom is -0.394 e. The van der Waals surface area contributed by atoms with Crippen molar-refractivity contribution in [2.75, 3.05) is 6.61 Å². The van der Waals surface area contributed by atoms with Crippen LogP contribution in [0.5, 0.6) is 0 Å². The van der Waals surface area contributed by atoms with E-state index in [9.17, 15) is 9.90 Å². The third kappa shape index (κ3) is 3.83. The lowest BCUT2D eigenvalue weighted by atomic mass is 9.77. The molecule has 1 aromatic carbocycles. The normalized spacial score (nSPS) is 16.5. The summed E-state index contributed by atoms with van der Waals surface area (Å²) >= 11 is 0. The Morgan fingerprint density at radius 3 is 2.40 bits per heavy atom. The standard InChI is InChI=1S/C17H25NO2/c1-2-3-5-14-6-8-15(9-7-14)12-16(20)18-17(13-19)10-4-11-17/h6-9,19H,2-5,10-13H2,1H3,(H,18,20). The van der Waals surface area contributed by atoms with E-state index in [0.29, 0.717) is 6.42 Å². The first-order valence-corrected chi connectivity index (χ1v) is 7.67. The molecule has 1 aromatic rings. The number of hydrogen-bond donors (Lipinski definition) is 2. The van der Waals surface area contributed by atoms with Gasteiger partial charge in [0, 0.05) is 0 Å². The predicted molar refractivity (Wildman–Crippen MR) is 80.6 cm³/mol. The van der Waals surface area contributed by atoms with Gasteiger partial charge in [0.2, 0.25) is 5.91 Å². The van der Waals surface area contributed by atoms with Crippen molar-refractivity contribution < 1.29 is 9.90 Å². The molecule has 1 saturated carbocycles. The number of hydrogen-bond acceptors (Lipinski definition) is 2. The average Bonchev–Trinajstić information content (AvgIpc) is 2.42. The molecular formula is C17H25NO2. The maximum atomic E-state index is 12.0. The number of carbonyl (C=O) groups excluding carboxylic acids is 1. The van der Waals surface area contributed by atoms with Crippen molar-refractivity contribution >= 4 is 5.91 Å². The van der Waals surface area contributed by atoms with Crippen LogP contribution < -0.4 is 5.32 Å². The molecule has 20 heavy (non-hydrogen) atoms. The van der Waals surface area contributed by atoms with Crippen molar-refractivity contribution in [1.82, 2.24) is 5.32 Å². The number of carbonyl (C=O) groups is 1. The molecule has 0 atom stereocenters. The zero-order valence-electron chi connectivity index (χ0n) is 12.3. The van der Waals surface area contributed by atoms with Gasteiger partial charge in [0.05, 0.1) is 18.6 Å². The van der Waals surface area contributed by atoms with Gasteiger partial charge in [-0.25, -0.2) is 0 Å². The van der Waals surface area contributed by atoms with E-state index in [1.807, 2.05) is 12.1 Å². The Balaban J connectivity index is 1.84. The van der Waals surface area contributed by atoms with Gasteiger partial charge in [0.15, 0.2) is 0 Å². The minimum absolute atomic E-state index is 0.0139. The van der Waals surface area contributed by atoms with E-state index >= 15 is 0 Å². The summed E-state index contributed by atoms with van der Waals surface area (Å²) in [6, 6.07) is 8.31. The van der Waals surface area contributed by atoms with Crippen LogP contribution in [0.2, 0.25) is 0 Å². The number of rotatable bonds is 7. The summed E-state index contributed by atoms with van der Waals surface area (Å²) in [5.41, 5.74) is 2.04. The Morgan fingerprint density at radius 2 is 1.90 bits per heavy atom. The van der Waals surface area contributed by atoms with Crippen LogP contribution in [-0.2, 0) is 17.6 Å². The number of amides is 1. The maximum absolute atomic E-state index is 12.0. The quantitative estimate of drug-likeness (QED) is 0.803. The highest BCUT2D eigenvalue weighted by atomic mass is 16.3. The molecule has 2 rings (SSSR count). The molecule has 0 unspecified atom stereocenters. The summed E-state index contributed by atoms with van der Waals surface area (Å²) in [6.45, 7) is 2.24. The highest BCUT2D eigenvalue weighted by Crippen LogP contribution is 2.31. The largest absolute Gasteiger partial charge is 0.394 e. The molecule has 0 spiro atoms. The minimum atomic E-state index is -0.335. The number of unbranched alkanes of at least 4 members (excludes halogenated alkanes) is 1. The number of aliphatic hydroxyl groups excluding tert-OH is 1. The first kappa shape index (κ1) is 15.0. The van der Waals surface area contributed by atoms with Gasteiger partial charge in [-0.2, -0.15) is 0 Å². The molecule has 0 saturated heterocycles. The van der Waals surface area contributed by atoms with E-state index in [4.69, 9.17) is 0 Å². The maximum Gasteiger partial charge on any atom is 0.224 e. The fourth-order valence-electron chi connectivity index (χ4n) is 2.66. The first-order chi connectivity index (χ1) is 9.67. The van der Waals surface area contributed by atoms with Gasteiger partial charge in [-0.3, -0.25) is 4.79 Å². The van der Waals surface area contributed by atoms with Gasteiger partial charge >= 0.3 is 0 Å². The van der Waals surface area contributed by atoms with Crippen molar-refractivity contribution in [2.24, 2.45) is 0 Å². The van der Waals surface area contributed by atoms with Crippen LogP contribution in [0.1, 0.15) is 50.2 Å². The van der Waals surface area contributed by atoms with Gasteiger partial charge in [0.1, 0.15) is 0 Å². The highest BCUT2D eigenvalue weighted by Gasteiger charge is 2.37. The first-order valence-electron chi connectivity index (χ1n) is 7.67. The summed E-state index contributed by atoms with van der Waals surface area (Å²) in [7, 11) is 0. The number of aliphatic hydroxyl groups is 1. The van der Waals surface area contributed by atoms with Crippen LogP contribution in [0.15, 0.2) is 24.3 Å². The van der Waals surface area contributed by atoms with Crippen LogP contribution in [-0.4, -0.2) is 23.2 Å². The summed E-state index contributed by atoms with van der Waals surface area (Å²) in [6.07, 6.45) is 6.79. The molecule has 110 valence electrons. The monoisotopic (exact) mass is 275 g/mol. The predicted octanol–water partition coefficient (Wildman–Crippen LogP) is 2.60. The van der Waals surface area contributed by atoms with E-state index in [1.54, 1.807) is 0 Å². The van der Waals surface area contributed by atoms with E-state index < -0.39 is 0 Å².